The van der Waals surface area contributed by atoms with Gasteiger partial charge >= 0.3 is 0 Å². The van der Waals surface area contributed by atoms with Crippen molar-refractivity contribution in [1.82, 2.24) is 4.72 Å². The second-order valence-electron chi connectivity index (χ2n) is 7.31. The zero-order valence-electron chi connectivity index (χ0n) is 14.3. The molecule has 128 valence electrons. The number of fused-ring (bicyclic) bond motifs is 1. The summed E-state index contributed by atoms with van der Waals surface area (Å²) in [5, 5.41) is 0. The fourth-order valence-electron chi connectivity index (χ4n) is 2.71. The standard InChI is InChI=1S/C17H26N2O3S/c1-17(2,3)10-5-11-18-23(21,22)14-7-8-15-13(12-14)6-9-16(20)19(15)4/h7-8,12,18H,5-6,9-11H2,1-4H3. The van der Waals surface area contributed by atoms with Crippen molar-refractivity contribution in [2.24, 2.45) is 5.41 Å². The highest BCUT2D eigenvalue weighted by atomic mass is 32.2. The molecule has 1 aromatic carbocycles. The average Bonchev–Trinajstić information content (AvgIpc) is 2.46. The topological polar surface area (TPSA) is 66.5 Å². The molecule has 0 atom stereocenters. The van der Waals surface area contributed by atoms with Crippen LogP contribution in [-0.4, -0.2) is 27.9 Å². The van der Waals surface area contributed by atoms with E-state index in [1.54, 1.807) is 30.1 Å². The van der Waals surface area contributed by atoms with Crippen molar-refractivity contribution in [1.29, 1.82) is 0 Å². The largest absolute Gasteiger partial charge is 0.315 e. The van der Waals surface area contributed by atoms with Gasteiger partial charge in [0.05, 0.1) is 4.90 Å². The zero-order chi connectivity index (χ0) is 17.3. The number of nitrogens with zero attached hydrogens (tertiary/aromatic N) is 1. The van der Waals surface area contributed by atoms with Crippen molar-refractivity contribution in [2.75, 3.05) is 18.5 Å². The number of nitrogens with one attached hydrogen (secondary N) is 1. The molecule has 6 heteroatoms. The van der Waals surface area contributed by atoms with Crippen LogP contribution in [0.15, 0.2) is 23.1 Å². The maximum absolute atomic E-state index is 12.4. The van der Waals surface area contributed by atoms with E-state index in [0.29, 0.717) is 19.4 Å². The lowest BCUT2D eigenvalue weighted by Crippen LogP contribution is -2.31. The predicted molar refractivity (Wildman–Crippen MR) is 92.1 cm³/mol. The molecule has 0 fully saturated rings. The average molecular weight is 338 g/mol. The summed E-state index contributed by atoms with van der Waals surface area (Å²) in [6.45, 7) is 6.86. The molecule has 0 aliphatic carbocycles. The number of carbonyl (C=O) groups excluding carboxylic acids is 1. The second-order valence-corrected chi connectivity index (χ2v) is 9.07. The molecule has 1 amide bonds. The normalized spacial score (nSPS) is 15.7. The Morgan fingerprint density at radius 3 is 2.57 bits per heavy atom. The molecule has 0 bridgehead atoms. The first-order valence-corrected chi connectivity index (χ1v) is 9.48. The molecule has 1 N–H and O–H groups in total. The van der Waals surface area contributed by atoms with Gasteiger partial charge in [0.1, 0.15) is 0 Å². The molecule has 2 rings (SSSR count). The Kier molecular flexibility index (Phi) is 5.16. The van der Waals surface area contributed by atoms with E-state index in [1.807, 2.05) is 0 Å². The Morgan fingerprint density at radius 2 is 1.91 bits per heavy atom. The maximum atomic E-state index is 12.4. The molecule has 0 saturated heterocycles. The van der Waals surface area contributed by atoms with Crippen molar-refractivity contribution in [3.63, 3.8) is 0 Å². The van der Waals surface area contributed by atoms with E-state index in [9.17, 15) is 13.2 Å². The van der Waals surface area contributed by atoms with E-state index >= 15 is 0 Å². The summed E-state index contributed by atoms with van der Waals surface area (Å²) in [7, 11) is -1.77. The number of hydrogen-bond acceptors (Lipinski definition) is 3. The van der Waals surface area contributed by atoms with Gasteiger partial charge in [-0.05, 0) is 48.4 Å². The van der Waals surface area contributed by atoms with E-state index in [-0.39, 0.29) is 16.2 Å². The molecule has 5 nitrogen and oxygen atoms in total. The first kappa shape index (κ1) is 17.9. The highest BCUT2D eigenvalue weighted by molar-refractivity contribution is 7.89. The number of rotatable bonds is 5. The van der Waals surface area contributed by atoms with Gasteiger partial charge in [-0.1, -0.05) is 20.8 Å². The van der Waals surface area contributed by atoms with Crippen LogP contribution in [0, 0.1) is 5.41 Å². The van der Waals surface area contributed by atoms with Crippen molar-refractivity contribution in [3.05, 3.63) is 23.8 Å². The minimum Gasteiger partial charge on any atom is -0.315 e. The minimum atomic E-state index is -3.50. The van der Waals surface area contributed by atoms with Gasteiger partial charge in [0, 0.05) is 25.7 Å². The summed E-state index contributed by atoms with van der Waals surface area (Å²) >= 11 is 0. The van der Waals surface area contributed by atoms with Crippen LogP contribution in [-0.2, 0) is 21.2 Å². The van der Waals surface area contributed by atoms with Gasteiger partial charge in [-0.2, -0.15) is 0 Å². The van der Waals surface area contributed by atoms with Gasteiger partial charge in [-0.3, -0.25) is 4.79 Å². The lowest BCUT2D eigenvalue weighted by Gasteiger charge is -2.26. The summed E-state index contributed by atoms with van der Waals surface area (Å²) in [6, 6.07) is 4.97. The van der Waals surface area contributed by atoms with Crippen molar-refractivity contribution in [3.8, 4) is 0 Å². The lowest BCUT2D eigenvalue weighted by atomic mass is 9.91. The Morgan fingerprint density at radius 1 is 1.22 bits per heavy atom. The molecule has 0 unspecified atom stereocenters. The molecule has 0 aromatic heterocycles. The maximum Gasteiger partial charge on any atom is 0.240 e. The summed E-state index contributed by atoms with van der Waals surface area (Å²) in [5.41, 5.74) is 1.91. The van der Waals surface area contributed by atoms with Crippen molar-refractivity contribution < 1.29 is 13.2 Å². The lowest BCUT2D eigenvalue weighted by molar-refractivity contribution is -0.118. The molecule has 1 aliphatic heterocycles. The zero-order valence-corrected chi connectivity index (χ0v) is 15.2. The number of anilines is 1. The van der Waals surface area contributed by atoms with Crippen LogP contribution in [0.2, 0.25) is 0 Å². The molecule has 0 radical (unpaired) electrons. The molecule has 0 saturated carbocycles. The third kappa shape index (κ3) is 4.54. The molecule has 1 heterocycles. The molecule has 23 heavy (non-hydrogen) atoms. The molecule has 1 aliphatic rings. The molecular weight excluding hydrogens is 312 g/mol. The molecule has 1 aromatic rings. The van der Waals surface area contributed by atoms with Gasteiger partial charge < -0.3 is 4.90 Å². The van der Waals surface area contributed by atoms with Gasteiger partial charge in [-0.15, -0.1) is 0 Å². The fourth-order valence-corrected chi connectivity index (χ4v) is 3.83. The number of benzene rings is 1. The number of hydrogen-bond donors (Lipinski definition) is 1. The van der Waals surface area contributed by atoms with Gasteiger partial charge in [-0.25, -0.2) is 13.1 Å². The van der Waals surface area contributed by atoms with Crippen LogP contribution in [0.1, 0.15) is 45.6 Å². The minimum absolute atomic E-state index is 0.0633. The quantitative estimate of drug-likeness (QED) is 0.840. The fraction of sp³-hybridized carbons (Fsp3) is 0.588. The summed E-state index contributed by atoms with van der Waals surface area (Å²) < 4.78 is 27.5. The molecule has 0 spiro atoms. The van der Waals surface area contributed by atoms with E-state index in [1.165, 1.54) is 0 Å². The van der Waals surface area contributed by atoms with Gasteiger partial charge in [0.2, 0.25) is 15.9 Å². The Hall–Kier alpha value is -1.40. The third-order valence-electron chi connectivity index (χ3n) is 4.10. The van der Waals surface area contributed by atoms with Crippen LogP contribution >= 0.6 is 0 Å². The molecular formula is C17H26N2O3S. The van der Waals surface area contributed by atoms with Crippen LogP contribution in [0.4, 0.5) is 5.69 Å². The van der Waals surface area contributed by atoms with Gasteiger partial charge in [0.15, 0.2) is 0 Å². The predicted octanol–water partition coefficient (Wildman–Crippen LogP) is 2.70. The van der Waals surface area contributed by atoms with E-state index in [4.69, 9.17) is 0 Å². The van der Waals surface area contributed by atoms with Gasteiger partial charge in [0.25, 0.3) is 0 Å². The first-order chi connectivity index (χ1) is 10.6. The van der Waals surface area contributed by atoms with E-state index < -0.39 is 10.0 Å². The van der Waals surface area contributed by atoms with Crippen LogP contribution in [0.5, 0.6) is 0 Å². The van der Waals surface area contributed by atoms with Crippen molar-refractivity contribution in [2.45, 2.75) is 51.3 Å². The van der Waals surface area contributed by atoms with Crippen molar-refractivity contribution >= 4 is 21.6 Å². The SMILES string of the molecule is CN1C(=O)CCc2cc(S(=O)(=O)NCCCC(C)(C)C)ccc21. The van der Waals surface area contributed by atoms with E-state index in [2.05, 4.69) is 25.5 Å². The number of aryl methyl sites for hydroxylation is 1. The smallest absolute Gasteiger partial charge is 0.240 e. The Bertz CT molecular complexity index is 690. The summed E-state index contributed by atoms with van der Waals surface area (Å²) in [6.07, 6.45) is 2.79. The highest BCUT2D eigenvalue weighted by Gasteiger charge is 2.23. The second kappa shape index (κ2) is 6.61. The highest BCUT2D eigenvalue weighted by Crippen LogP contribution is 2.29. The van der Waals surface area contributed by atoms with Crippen LogP contribution in [0.25, 0.3) is 0 Å². The summed E-state index contributed by atoms with van der Waals surface area (Å²) in [5.74, 6) is 0.0633. The van der Waals surface area contributed by atoms with Crippen LogP contribution in [0.3, 0.4) is 0 Å². The number of amides is 1. The number of sulfonamides is 1. The van der Waals surface area contributed by atoms with E-state index in [0.717, 1.165) is 24.1 Å². The summed E-state index contributed by atoms with van der Waals surface area (Å²) in [4.78, 5) is 13.6. The monoisotopic (exact) mass is 338 g/mol. The van der Waals surface area contributed by atoms with Crippen LogP contribution < -0.4 is 9.62 Å². The third-order valence-corrected chi connectivity index (χ3v) is 5.56. The Balaban J connectivity index is 2.08. The Labute approximate surface area is 139 Å². The number of carbonyl (C=O) groups is 1. The first-order valence-electron chi connectivity index (χ1n) is 7.99.